The lowest BCUT2D eigenvalue weighted by Gasteiger charge is -2.21. The lowest BCUT2D eigenvalue weighted by Crippen LogP contribution is -2.11. The molecule has 7 aromatic carbocycles. The summed E-state index contributed by atoms with van der Waals surface area (Å²) in [6.45, 7) is 0. The molecule has 0 aliphatic heterocycles. The predicted molar refractivity (Wildman–Crippen MR) is 215 cm³/mol. The molecular weight excluding hydrogens is 637 g/mol. The smallest absolute Gasteiger partial charge is 0.145 e. The van der Waals surface area contributed by atoms with Gasteiger partial charge in [0.1, 0.15) is 11.6 Å². The van der Waals surface area contributed by atoms with Crippen LogP contribution in [0.2, 0.25) is 0 Å². The number of aliphatic imine (C=N–C) groups is 1. The molecule has 6 heteroatoms. The third-order valence-corrected chi connectivity index (χ3v) is 9.38. The van der Waals surface area contributed by atoms with Gasteiger partial charge >= 0.3 is 0 Å². The van der Waals surface area contributed by atoms with E-state index in [1.807, 2.05) is 36.5 Å². The predicted octanol–water partition coefficient (Wildman–Crippen LogP) is 11.2. The van der Waals surface area contributed by atoms with Crippen LogP contribution in [-0.2, 0) is 0 Å². The van der Waals surface area contributed by atoms with E-state index in [1.165, 1.54) is 0 Å². The summed E-state index contributed by atoms with van der Waals surface area (Å²) in [5, 5.41) is 0. The Morgan fingerprint density at radius 1 is 0.500 bits per heavy atom. The highest BCUT2D eigenvalue weighted by atomic mass is 15.1. The van der Waals surface area contributed by atoms with E-state index in [0.717, 1.165) is 78.8 Å². The van der Waals surface area contributed by atoms with Gasteiger partial charge in [-0.05, 0) is 84.9 Å². The second kappa shape index (κ2) is 13.3. The van der Waals surface area contributed by atoms with E-state index < -0.39 is 0 Å². The third kappa shape index (κ3) is 5.72. The zero-order valence-electron chi connectivity index (χ0n) is 28.6. The summed E-state index contributed by atoms with van der Waals surface area (Å²) in [5.74, 6) is 1.66. The Morgan fingerprint density at radius 3 is 1.52 bits per heavy atom. The highest BCUT2D eigenvalue weighted by Gasteiger charge is 2.19. The van der Waals surface area contributed by atoms with Crippen molar-refractivity contribution in [1.82, 2.24) is 19.1 Å². The van der Waals surface area contributed by atoms with Gasteiger partial charge in [0.25, 0.3) is 0 Å². The summed E-state index contributed by atoms with van der Waals surface area (Å²) in [4.78, 5) is 17.8. The van der Waals surface area contributed by atoms with Crippen molar-refractivity contribution < 1.29 is 0 Å². The first-order chi connectivity index (χ1) is 25.7. The standard InChI is InChI=1S/C46H34N6/c1-50(37-18-5-2-6-19-37)42-26-14-11-17-33(42)32-47-36-30-34(45-48-40-24-12-15-27-43(40)51(45)38-20-7-3-8-21-38)29-35(31-36)46-49-41-25-13-16-28-44(41)52(46)39-22-9-4-10-23-39/h2-32H,1H3. The first kappa shape index (κ1) is 31.0. The zero-order chi connectivity index (χ0) is 34.9. The van der Waals surface area contributed by atoms with Crippen LogP contribution in [0.25, 0.3) is 56.2 Å². The average Bonchev–Trinajstić information content (AvgIpc) is 3.81. The Hall–Kier alpha value is -7.05. The van der Waals surface area contributed by atoms with Crippen LogP contribution in [0.3, 0.4) is 0 Å². The molecule has 0 unspecified atom stereocenters. The summed E-state index contributed by atoms with van der Waals surface area (Å²) in [7, 11) is 2.09. The van der Waals surface area contributed by atoms with Crippen molar-refractivity contribution >= 4 is 45.3 Å². The van der Waals surface area contributed by atoms with Crippen molar-refractivity contribution in [1.29, 1.82) is 0 Å². The fourth-order valence-electron chi connectivity index (χ4n) is 6.90. The van der Waals surface area contributed by atoms with Crippen LogP contribution in [0.4, 0.5) is 17.1 Å². The fourth-order valence-corrected chi connectivity index (χ4v) is 6.90. The van der Waals surface area contributed by atoms with Gasteiger partial charge in [-0.1, -0.05) is 97.1 Å². The molecule has 0 bridgehead atoms. The maximum Gasteiger partial charge on any atom is 0.145 e. The van der Waals surface area contributed by atoms with E-state index in [9.17, 15) is 0 Å². The topological polar surface area (TPSA) is 51.2 Å². The third-order valence-electron chi connectivity index (χ3n) is 9.38. The van der Waals surface area contributed by atoms with Crippen LogP contribution in [0.15, 0.2) is 187 Å². The van der Waals surface area contributed by atoms with Crippen molar-refractivity contribution in [3.05, 3.63) is 188 Å². The first-order valence-electron chi connectivity index (χ1n) is 17.3. The maximum absolute atomic E-state index is 5.22. The van der Waals surface area contributed by atoms with E-state index >= 15 is 0 Å². The number of benzene rings is 7. The summed E-state index contributed by atoms with van der Waals surface area (Å²) in [6, 6.07) is 62.5. The van der Waals surface area contributed by atoms with Gasteiger partial charge in [0, 0.05) is 52.7 Å². The maximum atomic E-state index is 5.22. The lowest BCUT2D eigenvalue weighted by atomic mass is 10.1. The van der Waals surface area contributed by atoms with Crippen LogP contribution < -0.4 is 4.90 Å². The second-order valence-corrected chi connectivity index (χ2v) is 12.7. The number of anilines is 2. The quantitative estimate of drug-likeness (QED) is 0.151. The molecule has 0 fully saturated rings. The van der Waals surface area contributed by atoms with Gasteiger partial charge in [0.15, 0.2) is 0 Å². The Bertz CT molecular complexity index is 2560. The molecule has 0 spiro atoms. The molecule has 0 aliphatic rings. The number of hydrogen-bond donors (Lipinski definition) is 0. The normalized spacial score (nSPS) is 11.5. The van der Waals surface area contributed by atoms with Gasteiger partial charge in [0.2, 0.25) is 0 Å². The van der Waals surface area contributed by atoms with E-state index in [-0.39, 0.29) is 0 Å². The number of aromatic nitrogens is 4. The molecule has 0 atom stereocenters. The molecular formula is C46H34N6. The minimum absolute atomic E-state index is 0.794. The minimum Gasteiger partial charge on any atom is -0.344 e. The molecule has 9 rings (SSSR count). The number of hydrogen-bond acceptors (Lipinski definition) is 4. The molecule has 0 N–H and O–H groups in total. The largest absolute Gasteiger partial charge is 0.344 e. The molecule has 2 heterocycles. The van der Waals surface area contributed by atoms with Gasteiger partial charge in [-0.15, -0.1) is 0 Å². The van der Waals surface area contributed by atoms with Gasteiger partial charge in [-0.25, -0.2) is 9.97 Å². The van der Waals surface area contributed by atoms with E-state index in [2.05, 4.69) is 173 Å². The number of imidazole rings is 2. The molecule has 0 radical (unpaired) electrons. The Balaban J connectivity index is 1.26. The molecule has 248 valence electrons. The van der Waals surface area contributed by atoms with Crippen LogP contribution in [-0.4, -0.2) is 32.4 Å². The van der Waals surface area contributed by atoms with Crippen LogP contribution in [0.5, 0.6) is 0 Å². The van der Waals surface area contributed by atoms with Gasteiger partial charge in [-0.3, -0.25) is 14.1 Å². The van der Waals surface area contributed by atoms with Crippen LogP contribution in [0, 0.1) is 0 Å². The zero-order valence-corrected chi connectivity index (χ0v) is 28.6. The molecule has 2 aromatic heterocycles. The van der Waals surface area contributed by atoms with Gasteiger partial charge < -0.3 is 4.90 Å². The number of para-hydroxylation sites is 8. The highest BCUT2D eigenvalue weighted by Crippen LogP contribution is 2.37. The monoisotopic (exact) mass is 670 g/mol. The summed E-state index contributed by atoms with van der Waals surface area (Å²) in [6.07, 6.45) is 1.96. The Kier molecular flexibility index (Phi) is 7.95. The molecule has 0 aliphatic carbocycles. The fraction of sp³-hybridized carbons (Fsp3) is 0.0217. The van der Waals surface area contributed by atoms with Crippen molar-refractivity contribution in [2.24, 2.45) is 4.99 Å². The number of fused-ring (bicyclic) bond motifs is 2. The summed E-state index contributed by atoms with van der Waals surface area (Å²) >= 11 is 0. The highest BCUT2D eigenvalue weighted by molar-refractivity contribution is 5.92. The molecule has 9 aromatic rings. The van der Waals surface area contributed by atoms with Crippen molar-refractivity contribution in [2.45, 2.75) is 0 Å². The SMILES string of the molecule is CN(c1ccccc1)c1ccccc1C=Nc1cc(-c2nc3ccccc3n2-c2ccccc2)cc(-c2nc3ccccc3n2-c2ccccc2)c1. The van der Waals surface area contributed by atoms with Gasteiger partial charge in [-0.2, -0.15) is 0 Å². The minimum atomic E-state index is 0.794. The van der Waals surface area contributed by atoms with Gasteiger partial charge in [0.05, 0.1) is 27.8 Å². The molecule has 52 heavy (non-hydrogen) atoms. The number of rotatable bonds is 8. The molecule has 0 saturated heterocycles. The number of nitrogens with zero attached hydrogens (tertiary/aromatic N) is 6. The van der Waals surface area contributed by atoms with E-state index in [1.54, 1.807) is 0 Å². The van der Waals surface area contributed by atoms with E-state index in [4.69, 9.17) is 15.0 Å². The average molecular weight is 671 g/mol. The Labute approximate surface area is 302 Å². The first-order valence-corrected chi connectivity index (χ1v) is 17.3. The Morgan fingerprint density at radius 2 is 0.962 bits per heavy atom. The molecule has 0 saturated carbocycles. The van der Waals surface area contributed by atoms with Crippen LogP contribution >= 0.6 is 0 Å². The second-order valence-electron chi connectivity index (χ2n) is 12.7. The molecule has 6 nitrogen and oxygen atoms in total. The van der Waals surface area contributed by atoms with Crippen molar-refractivity contribution in [2.75, 3.05) is 11.9 Å². The molecule has 0 amide bonds. The summed E-state index contributed by atoms with van der Waals surface area (Å²) < 4.78 is 4.46. The van der Waals surface area contributed by atoms with E-state index in [0.29, 0.717) is 0 Å². The van der Waals surface area contributed by atoms with Crippen LogP contribution in [0.1, 0.15) is 5.56 Å². The summed E-state index contributed by atoms with van der Waals surface area (Å²) in [5.41, 5.74) is 11.8. The lowest BCUT2D eigenvalue weighted by molar-refractivity contribution is 1.09. The van der Waals surface area contributed by atoms with Crippen molar-refractivity contribution in [3.8, 4) is 34.2 Å². The van der Waals surface area contributed by atoms with Crippen molar-refractivity contribution in [3.63, 3.8) is 0 Å².